The molecule has 2 fully saturated rings. The van der Waals surface area contributed by atoms with E-state index in [0.29, 0.717) is 11.9 Å². The standard InChI is InChI=1S/C11H17N5O/c17-11(10-12-8-13-14-10)16-6-5-15-4-2-1-3-9(15)7-16/h8-9H,1-7H2,(H,12,13,14). The maximum atomic E-state index is 12.1. The lowest BCUT2D eigenvalue weighted by molar-refractivity contribution is 0.0364. The molecule has 1 unspecified atom stereocenters. The highest BCUT2D eigenvalue weighted by molar-refractivity contribution is 5.90. The first-order valence-electron chi connectivity index (χ1n) is 6.23. The van der Waals surface area contributed by atoms with Crippen molar-refractivity contribution in [1.82, 2.24) is 25.0 Å². The van der Waals surface area contributed by atoms with Crippen LogP contribution in [0.5, 0.6) is 0 Å². The van der Waals surface area contributed by atoms with Gasteiger partial charge in [0, 0.05) is 25.7 Å². The van der Waals surface area contributed by atoms with Gasteiger partial charge >= 0.3 is 0 Å². The largest absolute Gasteiger partial charge is 0.333 e. The van der Waals surface area contributed by atoms with Gasteiger partial charge in [0.05, 0.1) is 0 Å². The number of aromatic nitrogens is 3. The summed E-state index contributed by atoms with van der Waals surface area (Å²) in [6.45, 7) is 3.81. The van der Waals surface area contributed by atoms with E-state index < -0.39 is 0 Å². The molecule has 1 amide bonds. The summed E-state index contributed by atoms with van der Waals surface area (Å²) < 4.78 is 0. The molecule has 2 aliphatic rings. The van der Waals surface area contributed by atoms with Gasteiger partial charge in [-0.15, -0.1) is 0 Å². The molecule has 0 bridgehead atoms. The van der Waals surface area contributed by atoms with Crippen LogP contribution in [-0.4, -0.2) is 63.1 Å². The zero-order chi connectivity index (χ0) is 11.7. The van der Waals surface area contributed by atoms with E-state index in [1.165, 1.54) is 32.1 Å². The lowest BCUT2D eigenvalue weighted by atomic mass is 9.99. The highest BCUT2D eigenvalue weighted by Crippen LogP contribution is 2.21. The molecular formula is C11H17N5O. The fraction of sp³-hybridized carbons (Fsp3) is 0.727. The number of piperazine rings is 1. The normalized spacial score (nSPS) is 25.6. The smallest absolute Gasteiger partial charge is 0.291 e. The maximum Gasteiger partial charge on any atom is 0.291 e. The minimum atomic E-state index is -0.0206. The monoisotopic (exact) mass is 235 g/mol. The lowest BCUT2D eigenvalue weighted by Crippen LogP contribution is -2.56. The molecule has 1 N–H and O–H groups in total. The average Bonchev–Trinajstić information content (AvgIpc) is 2.91. The third-order valence-electron chi connectivity index (χ3n) is 3.74. The van der Waals surface area contributed by atoms with Crippen molar-refractivity contribution in [3.63, 3.8) is 0 Å². The first-order chi connectivity index (χ1) is 8.34. The van der Waals surface area contributed by atoms with E-state index in [0.717, 1.165) is 19.6 Å². The maximum absolute atomic E-state index is 12.1. The van der Waals surface area contributed by atoms with Gasteiger partial charge in [-0.3, -0.25) is 14.8 Å². The Labute approximate surface area is 100 Å². The molecule has 0 spiro atoms. The highest BCUT2D eigenvalue weighted by atomic mass is 16.2. The van der Waals surface area contributed by atoms with E-state index in [2.05, 4.69) is 20.1 Å². The second kappa shape index (κ2) is 4.44. The Morgan fingerprint density at radius 3 is 3.12 bits per heavy atom. The molecule has 0 aliphatic carbocycles. The van der Waals surface area contributed by atoms with Crippen LogP contribution in [0.2, 0.25) is 0 Å². The Morgan fingerprint density at radius 1 is 1.35 bits per heavy atom. The number of carbonyl (C=O) groups is 1. The third-order valence-corrected chi connectivity index (χ3v) is 3.74. The van der Waals surface area contributed by atoms with Crippen molar-refractivity contribution >= 4 is 5.91 Å². The van der Waals surface area contributed by atoms with Crippen molar-refractivity contribution in [2.75, 3.05) is 26.2 Å². The molecular weight excluding hydrogens is 218 g/mol. The van der Waals surface area contributed by atoms with Crippen LogP contribution in [-0.2, 0) is 0 Å². The van der Waals surface area contributed by atoms with Gasteiger partial charge in [0.25, 0.3) is 5.91 Å². The summed E-state index contributed by atoms with van der Waals surface area (Å²) in [5.41, 5.74) is 0. The topological polar surface area (TPSA) is 65.1 Å². The van der Waals surface area contributed by atoms with Crippen LogP contribution in [0.25, 0.3) is 0 Å². The quantitative estimate of drug-likeness (QED) is 0.750. The summed E-state index contributed by atoms with van der Waals surface area (Å²) in [7, 11) is 0. The Bertz CT molecular complexity index is 391. The molecule has 2 aliphatic heterocycles. The van der Waals surface area contributed by atoms with Crippen molar-refractivity contribution in [2.45, 2.75) is 25.3 Å². The molecule has 1 aromatic heterocycles. The zero-order valence-corrected chi connectivity index (χ0v) is 9.80. The van der Waals surface area contributed by atoms with E-state index in [9.17, 15) is 4.79 Å². The van der Waals surface area contributed by atoms with Crippen LogP contribution in [0.15, 0.2) is 6.33 Å². The van der Waals surface area contributed by atoms with Gasteiger partial charge < -0.3 is 4.90 Å². The van der Waals surface area contributed by atoms with Crippen LogP contribution in [0, 0.1) is 0 Å². The number of carbonyl (C=O) groups excluding carboxylic acids is 1. The van der Waals surface area contributed by atoms with Gasteiger partial charge in [0.15, 0.2) is 0 Å². The molecule has 92 valence electrons. The highest BCUT2D eigenvalue weighted by Gasteiger charge is 2.31. The van der Waals surface area contributed by atoms with E-state index >= 15 is 0 Å². The van der Waals surface area contributed by atoms with Crippen molar-refractivity contribution in [3.8, 4) is 0 Å². The van der Waals surface area contributed by atoms with E-state index in [4.69, 9.17) is 0 Å². The van der Waals surface area contributed by atoms with Gasteiger partial charge in [-0.25, -0.2) is 4.98 Å². The number of nitrogens with one attached hydrogen (secondary N) is 1. The van der Waals surface area contributed by atoms with Crippen LogP contribution in [0.4, 0.5) is 0 Å². The molecule has 3 heterocycles. The van der Waals surface area contributed by atoms with Gasteiger partial charge in [-0.2, -0.15) is 5.10 Å². The number of hydrogen-bond donors (Lipinski definition) is 1. The summed E-state index contributed by atoms with van der Waals surface area (Å²) in [5.74, 6) is 0.335. The molecule has 3 rings (SSSR count). The molecule has 2 saturated heterocycles. The number of hydrogen-bond acceptors (Lipinski definition) is 4. The van der Waals surface area contributed by atoms with Crippen molar-refractivity contribution in [1.29, 1.82) is 0 Å². The minimum Gasteiger partial charge on any atom is -0.333 e. The third kappa shape index (κ3) is 2.04. The Morgan fingerprint density at radius 2 is 2.29 bits per heavy atom. The Balaban J connectivity index is 1.67. The number of amides is 1. The Hall–Kier alpha value is -1.43. The summed E-state index contributed by atoms with van der Waals surface area (Å²) in [6.07, 6.45) is 5.17. The summed E-state index contributed by atoms with van der Waals surface area (Å²) in [6, 6.07) is 0.546. The van der Waals surface area contributed by atoms with Gasteiger partial charge in [-0.05, 0) is 19.4 Å². The van der Waals surface area contributed by atoms with E-state index in [1.54, 1.807) is 0 Å². The molecule has 0 radical (unpaired) electrons. The van der Waals surface area contributed by atoms with Crippen LogP contribution in [0.3, 0.4) is 0 Å². The van der Waals surface area contributed by atoms with Crippen molar-refractivity contribution < 1.29 is 4.79 Å². The molecule has 0 aromatic carbocycles. The Kier molecular flexibility index (Phi) is 2.80. The zero-order valence-electron chi connectivity index (χ0n) is 9.80. The minimum absolute atomic E-state index is 0.0206. The first-order valence-corrected chi connectivity index (χ1v) is 6.23. The summed E-state index contributed by atoms with van der Waals surface area (Å²) in [5, 5.41) is 6.37. The fourth-order valence-electron chi connectivity index (χ4n) is 2.80. The number of fused-ring (bicyclic) bond motifs is 1. The molecule has 17 heavy (non-hydrogen) atoms. The predicted molar refractivity (Wildman–Crippen MR) is 61.5 cm³/mol. The summed E-state index contributed by atoms with van der Waals surface area (Å²) >= 11 is 0. The number of H-pyrrole nitrogens is 1. The SMILES string of the molecule is O=C(c1ncn[nH]1)N1CCN2CCCCC2C1. The first kappa shape index (κ1) is 10.7. The average molecular weight is 235 g/mol. The van der Waals surface area contributed by atoms with Crippen LogP contribution >= 0.6 is 0 Å². The number of rotatable bonds is 1. The molecule has 1 atom stereocenters. The van der Waals surface area contributed by atoms with E-state index in [1.807, 2.05) is 4.90 Å². The number of nitrogens with zero attached hydrogens (tertiary/aromatic N) is 4. The fourth-order valence-corrected chi connectivity index (χ4v) is 2.80. The van der Waals surface area contributed by atoms with Crippen LogP contribution < -0.4 is 0 Å². The van der Waals surface area contributed by atoms with Gasteiger partial charge in [0.1, 0.15) is 6.33 Å². The van der Waals surface area contributed by atoms with Gasteiger partial charge in [0.2, 0.25) is 5.82 Å². The second-order valence-electron chi connectivity index (χ2n) is 4.77. The summed E-state index contributed by atoms with van der Waals surface area (Å²) in [4.78, 5) is 20.4. The lowest BCUT2D eigenvalue weighted by Gasteiger charge is -2.43. The molecule has 6 nitrogen and oxygen atoms in total. The van der Waals surface area contributed by atoms with Crippen LogP contribution in [0.1, 0.15) is 29.9 Å². The molecule has 0 saturated carbocycles. The molecule has 1 aromatic rings. The van der Waals surface area contributed by atoms with Crippen molar-refractivity contribution in [2.24, 2.45) is 0 Å². The number of aromatic amines is 1. The second-order valence-corrected chi connectivity index (χ2v) is 4.77. The van der Waals surface area contributed by atoms with Gasteiger partial charge in [-0.1, -0.05) is 6.42 Å². The predicted octanol–water partition coefficient (Wildman–Crippen LogP) is 0.115. The van der Waals surface area contributed by atoms with Crippen molar-refractivity contribution in [3.05, 3.63) is 12.2 Å². The number of piperidine rings is 1. The van der Waals surface area contributed by atoms with E-state index in [-0.39, 0.29) is 5.91 Å². The molecule has 6 heteroatoms.